The minimum absolute atomic E-state index is 0.699. The van der Waals surface area contributed by atoms with Crippen molar-refractivity contribution >= 4 is 5.69 Å². The van der Waals surface area contributed by atoms with Crippen LogP contribution in [0.15, 0.2) is 24.3 Å². The third kappa shape index (κ3) is 2.63. The third-order valence-electron chi connectivity index (χ3n) is 4.24. The molecular formula is C16H23NO. The van der Waals surface area contributed by atoms with Crippen LogP contribution in [0.2, 0.25) is 0 Å². The molecule has 0 bridgehead atoms. The van der Waals surface area contributed by atoms with Gasteiger partial charge in [-0.1, -0.05) is 25.8 Å². The number of benzene rings is 1. The summed E-state index contributed by atoms with van der Waals surface area (Å²) in [6.45, 7) is 2.94. The summed E-state index contributed by atoms with van der Waals surface area (Å²) in [7, 11) is 0. The maximum atomic E-state index is 5.68. The lowest BCUT2D eigenvalue weighted by Crippen LogP contribution is -2.25. The highest BCUT2D eigenvalue weighted by atomic mass is 16.5. The Morgan fingerprint density at radius 1 is 1.33 bits per heavy atom. The largest absolute Gasteiger partial charge is 0.494 e. The van der Waals surface area contributed by atoms with Crippen molar-refractivity contribution < 1.29 is 4.74 Å². The predicted molar refractivity (Wildman–Crippen MR) is 75.1 cm³/mol. The molecule has 0 radical (unpaired) electrons. The Morgan fingerprint density at radius 2 is 2.28 bits per heavy atom. The molecule has 2 nitrogen and oxygen atoms in total. The quantitative estimate of drug-likeness (QED) is 0.844. The van der Waals surface area contributed by atoms with Crippen molar-refractivity contribution in [2.24, 2.45) is 11.8 Å². The highest BCUT2D eigenvalue weighted by Crippen LogP contribution is 2.50. The van der Waals surface area contributed by atoms with Gasteiger partial charge in [0, 0.05) is 17.8 Å². The maximum Gasteiger partial charge on any atom is 0.121 e. The highest BCUT2D eigenvalue weighted by Gasteiger charge is 2.44. The molecule has 3 atom stereocenters. The first kappa shape index (κ1) is 11.9. The fourth-order valence-electron chi connectivity index (χ4n) is 3.20. The van der Waals surface area contributed by atoms with E-state index in [0.717, 1.165) is 30.6 Å². The molecule has 1 aromatic carbocycles. The molecule has 2 aliphatic rings. The Kier molecular flexibility index (Phi) is 3.44. The second-order valence-electron chi connectivity index (χ2n) is 5.72. The first-order valence-corrected chi connectivity index (χ1v) is 7.36. The standard InChI is InChI=1S/C16H23NO/c1-2-9-18-14-7-4-6-13(11-14)17-16-8-3-5-12-10-15(12)16/h4,6-7,11-12,15-17H,2-3,5,8-10H2,1H3. The SMILES string of the molecule is CCCOc1cccc(NC2CCCC3CC32)c1. The number of nitrogens with one attached hydrogen (secondary N) is 1. The van der Waals surface area contributed by atoms with E-state index in [1.165, 1.54) is 31.4 Å². The molecule has 0 heterocycles. The second-order valence-corrected chi connectivity index (χ2v) is 5.72. The maximum absolute atomic E-state index is 5.68. The number of anilines is 1. The lowest BCUT2D eigenvalue weighted by atomic mass is 9.95. The molecule has 3 rings (SSSR count). The molecule has 18 heavy (non-hydrogen) atoms. The van der Waals surface area contributed by atoms with Gasteiger partial charge in [-0.05, 0) is 43.2 Å². The van der Waals surface area contributed by atoms with Gasteiger partial charge >= 0.3 is 0 Å². The van der Waals surface area contributed by atoms with Gasteiger partial charge in [0.05, 0.1) is 6.61 Å². The first-order valence-electron chi connectivity index (χ1n) is 7.36. The van der Waals surface area contributed by atoms with Gasteiger partial charge < -0.3 is 10.1 Å². The second kappa shape index (κ2) is 5.21. The molecule has 0 aliphatic heterocycles. The molecule has 1 aromatic rings. The Hall–Kier alpha value is -1.18. The van der Waals surface area contributed by atoms with Crippen LogP contribution in [0.25, 0.3) is 0 Å². The van der Waals surface area contributed by atoms with Gasteiger partial charge in [-0.3, -0.25) is 0 Å². The van der Waals surface area contributed by atoms with Gasteiger partial charge in [0.25, 0.3) is 0 Å². The van der Waals surface area contributed by atoms with E-state index in [2.05, 4.69) is 30.4 Å². The summed E-state index contributed by atoms with van der Waals surface area (Å²) in [4.78, 5) is 0. The Bertz CT molecular complexity index is 404. The molecule has 0 amide bonds. The number of hydrogen-bond donors (Lipinski definition) is 1. The van der Waals surface area contributed by atoms with E-state index in [-0.39, 0.29) is 0 Å². The average Bonchev–Trinajstić information content (AvgIpc) is 3.17. The molecule has 1 N–H and O–H groups in total. The van der Waals surface area contributed by atoms with E-state index in [0.29, 0.717) is 6.04 Å². The summed E-state index contributed by atoms with van der Waals surface area (Å²) in [6, 6.07) is 9.12. The lowest BCUT2D eigenvalue weighted by Gasteiger charge is -2.24. The Balaban J connectivity index is 1.61. The normalized spacial score (nSPS) is 29.5. The van der Waals surface area contributed by atoms with Crippen LogP contribution < -0.4 is 10.1 Å². The van der Waals surface area contributed by atoms with Gasteiger partial charge in [-0.2, -0.15) is 0 Å². The van der Waals surface area contributed by atoms with Crippen LogP contribution in [0.3, 0.4) is 0 Å². The van der Waals surface area contributed by atoms with Gasteiger partial charge in [-0.15, -0.1) is 0 Å². The molecule has 2 saturated carbocycles. The van der Waals surface area contributed by atoms with Crippen LogP contribution in [0.1, 0.15) is 39.0 Å². The highest BCUT2D eigenvalue weighted by molar-refractivity contribution is 5.49. The van der Waals surface area contributed by atoms with E-state index in [1.54, 1.807) is 0 Å². The van der Waals surface area contributed by atoms with Gasteiger partial charge in [0.1, 0.15) is 5.75 Å². The minimum atomic E-state index is 0.699. The van der Waals surface area contributed by atoms with Crippen LogP contribution in [0, 0.1) is 11.8 Å². The summed E-state index contributed by atoms with van der Waals surface area (Å²) >= 11 is 0. The van der Waals surface area contributed by atoms with Gasteiger partial charge in [-0.25, -0.2) is 0 Å². The van der Waals surface area contributed by atoms with Gasteiger partial charge in [0.2, 0.25) is 0 Å². The summed E-state index contributed by atoms with van der Waals surface area (Å²) in [5.74, 6) is 2.96. The fraction of sp³-hybridized carbons (Fsp3) is 0.625. The molecule has 0 aromatic heterocycles. The fourth-order valence-corrected chi connectivity index (χ4v) is 3.20. The smallest absolute Gasteiger partial charge is 0.121 e. The van der Waals surface area contributed by atoms with Crippen molar-refractivity contribution in [1.82, 2.24) is 0 Å². The predicted octanol–water partition coefficient (Wildman–Crippen LogP) is 4.08. The number of hydrogen-bond acceptors (Lipinski definition) is 2. The first-order chi connectivity index (χ1) is 8.86. The summed E-state index contributed by atoms with van der Waals surface area (Å²) < 4.78 is 5.68. The molecule has 3 unspecified atom stereocenters. The van der Waals surface area contributed by atoms with E-state index < -0.39 is 0 Å². The van der Waals surface area contributed by atoms with Crippen molar-refractivity contribution in [2.75, 3.05) is 11.9 Å². The molecule has 0 spiro atoms. The third-order valence-corrected chi connectivity index (χ3v) is 4.24. The summed E-state index contributed by atoms with van der Waals surface area (Å²) in [5, 5.41) is 3.71. The van der Waals surface area contributed by atoms with E-state index in [1.807, 2.05) is 6.07 Å². The van der Waals surface area contributed by atoms with E-state index in [9.17, 15) is 0 Å². The molecule has 2 aliphatic carbocycles. The molecule has 98 valence electrons. The number of fused-ring (bicyclic) bond motifs is 1. The van der Waals surface area contributed by atoms with Crippen molar-refractivity contribution in [3.8, 4) is 5.75 Å². The number of rotatable bonds is 5. The zero-order chi connectivity index (χ0) is 12.4. The van der Waals surface area contributed by atoms with Crippen LogP contribution in [0.5, 0.6) is 5.75 Å². The zero-order valence-corrected chi connectivity index (χ0v) is 11.2. The Labute approximate surface area is 110 Å². The van der Waals surface area contributed by atoms with Crippen LogP contribution in [0.4, 0.5) is 5.69 Å². The molecular weight excluding hydrogens is 222 g/mol. The van der Waals surface area contributed by atoms with Crippen molar-refractivity contribution in [1.29, 1.82) is 0 Å². The molecule has 2 fully saturated rings. The minimum Gasteiger partial charge on any atom is -0.494 e. The number of ether oxygens (including phenoxy) is 1. The monoisotopic (exact) mass is 245 g/mol. The van der Waals surface area contributed by atoms with Gasteiger partial charge in [0.15, 0.2) is 0 Å². The zero-order valence-electron chi connectivity index (χ0n) is 11.2. The van der Waals surface area contributed by atoms with Crippen LogP contribution in [-0.4, -0.2) is 12.6 Å². The summed E-state index contributed by atoms with van der Waals surface area (Å²) in [5.41, 5.74) is 1.22. The van der Waals surface area contributed by atoms with E-state index in [4.69, 9.17) is 4.74 Å². The van der Waals surface area contributed by atoms with Crippen molar-refractivity contribution in [3.63, 3.8) is 0 Å². The van der Waals surface area contributed by atoms with Crippen LogP contribution in [-0.2, 0) is 0 Å². The summed E-state index contributed by atoms with van der Waals surface area (Å²) in [6.07, 6.45) is 6.70. The van der Waals surface area contributed by atoms with Crippen molar-refractivity contribution in [2.45, 2.75) is 45.1 Å². The lowest BCUT2D eigenvalue weighted by molar-refractivity contribution is 0.317. The van der Waals surface area contributed by atoms with E-state index >= 15 is 0 Å². The average molecular weight is 245 g/mol. The Morgan fingerprint density at radius 3 is 3.17 bits per heavy atom. The molecule has 0 saturated heterocycles. The van der Waals surface area contributed by atoms with Crippen LogP contribution >= 0.6 is 0 Å². The molecule has 2 heteroatoms. The van der Waals surface area contributed by atoms with Crippen molar-refractivity contribution in [3.05, 3.63) is 24.3 Å². The topological polar surface area (TPSA) is 21.3 Å².